The first kappa shape index (κ1) is 19.4. The number of carbonyl (C=O) groups is 1. The van der Waals surface area contributed by atoms with Crippen LogP contribution in [0.5, 0.6) is 11.5 Å². The number of aliphatic imine (C=N–C) groups is 1. The molecule has 0 aliphatic carbocycles. The van der Waals surface area contributed by atoms with Crippen molar-refractivity contribution in [3.63, 3.8) is 0 Å². The quantitative estimate of drug-likeness (QED) is 0.267. The highest BCUT2D eigenvalue weighted by atomic mass is 79.9. The van der Waals surface area contributed by atoms with E-state index in [1.807, 2.05) is 66.0 Å². The lowest BCUT2D eigenvalue weighted by Crippen LogP contribution is -2.08. The molecular formula is C22H16BrNO4S. The molecular weight excluding hydrogens is 454 g/mol. The number of hydrogen-bond acceptors (Lipinski definition) is 6. The summed E-state index contributed by atoms with van der Waals surface area (Å²) in [6.07, 6.45) is 1.70. The lowest BCUT2D eigenvalue weighted by molar-refractivity contribution is -0.129. The van der Waals surface area contributed by atoms with E-state index in [1.54, 1.807) is 6.08 Å². The van der Waals surface area contributed by atoms with E-state index in [0.29, 0.717) is 19.1 Å². The van der Waals surface area contributed by atoms with E-state index in [-0.39, 0.29) is 5.70 Å². The van der Waals surface area contributed by atoms with E-state index in [1.165, 1.54) is 11.3 Å². The highest BCUT2D eigenvalue weighted by Crippen LogP contribution is 2.22. The average molecular weight is 470 g/mol. The SMILES string of the molecule is O=C1OC(c2cccs2)=N/C1=C/c1ccc(OCCOc2ccc(Br)cc2)cc1. The second-order valence-corrected chi connectivity index (χ2v) is 7.90. The molecule has 0 amide bonds. The third-order valence-corrected chi connectivity index (χ3v) is 5.36. The molecule has 5 nitrogen and oxygen atoms in total. The Morgan fingerprint density at radius 1 is 0.966 bits per heavy atom. The number of carbonyl (C=O) groups excluding carboxylic acids is 1. The van der Waals surface area contributed by atoms with Gasteiger partial charge < -0.3 is 14.2 Å². The van der Waals surface area contributed by atoms with Crippen molar-refractivity contribution in [2.24, 2.45) is 4.99 Å². The van der Waals surface area contributed by atoms with Crippen LogP contribution in [0.2, 0.25) is 0 Å². The smallest absolute Gasteiger partial charge is 0.363 e. The molecule has 2 heterocycles. The van der Waals surface area contributed by atoms with Crippen molar-refractivity contribution >= 4 is 45.2 Å². The van der Waals surface area contributed by atoms with Gasteiger partial charge in [0.15, 0.2) is 5.70 Å². The summed E-state index contributed by atoms with van der Waals surface area (Å²) in [6, 6.07) is 18.8. The molecule has 1 aliphatic rings. The molecule has 146 valence electrons. The van der Waals surface area contributed by atoms with Gasteiger partial charge in [-0.15, -0.1) is 11.3 Å². The predicted molar refractivity (Wildman–Crippen MR) is 116 cm³/mol. The van der Waals surface area contributed by atoms with E-state index in [0.717, 1.165) is 26.4 Å². The van der Waals surface area contributed by atoms with Crippen LogP contribution in [0, 0.1) is 0 Å². The first-order valence-corrected chi connectivity index (χ1v) is 10.5. The van der Waals surface area contributed by atoms with Gasteiger partial charge in [-0.2, -0.15) is 0 Å². The van der Waals surface area contributed by atoms with Gasteiger partial charge in [-0.1, -0.05) is 34.1 Å². The molecule has 0 bridgehead atoms. The molecule has 0 saturated heterocycles. The summed E-state index contributed by atoms with van der Waals surface area (Å²) in [6.45, 7) is 0.872. The van der Waals surface area contributed by atoms with Gasteiger partial charge >= 0.3 is 5.97 Å². The van der Waals surface area contributed by atoms with Crippen LogP contribution in [0.15, 0.2) is 81.2 Å². The van der Waals surface area contributed by atoms with Crippen LogP contribution >= 0.6 is 27.3 Å². The summed E-state index contributed by atoms with van der Waals surface area (Å²) in [5, 5.41) is 1.91. The number of nitrogens with zero attached hydrogens (tertiary/aromatic N) is 1. The fourth-order valence-electron chi connectivity index (χ4n) is 2.58. The Balaban J connectivity index is 1.31. The molecule has 0 saturated carbocycles. The minimum atomic E-state index is -0.446. The molecule has 4 rings (SSSR count). The molecule has 3 aromatic rings. The number of cyclic esters (lactones) is 1. The maximum atomic E-state index is 12.0. The Bertz CT molecular complexity index is 1040. The second-order valence-electron chi connectivity index (χ2n) is 6.03. The van der Waals surface area contributed by atoms with Gasteiger partial charge in [0, 0.05) is 4.47 Å². The first-order chi connectivity index (χ1) is 14.2. The summed E-state index contributed by atoms with van der Waals surface area (Å²) in [5.74, 6) is 1.42. The van der Waals surface area contributed by atoms with Crippen LogP contribution in [0.4, 0.5) is 0 Å². The molecule has 1 aromatic heterocycles. The molecule has 0 spiro atoms. The number of halogens is 1. The monoisotopic (exact) mass is 469 g/mol. The lowest BCUT2D eigenvalue weighted by atomic mass is 10.2. The molecule has 0 unspecified atom stereocenters. The summed E-state index contributed by atoms with van der Waals surface area (Å²) in [4.78, 5) is 17.1. The van der Waals surface area contributed by atoms with E-state index < -0.39 is 5.97 Å². The van der Waals surface area contributed by atoms with Crippen LogP contribution in [-0.4, -0.2) is 25.1 Å². The van der Waals surface area contributed by atoms with E-state index in [2.05, 4.69) is 20.9 Å². The summed E-state index contributed by atoms with van der Waals surface area (Å²) in [5.41, 5.74) is 1.12. The van der Waals surface area contributed by atoms with Crippen molar-refractivity contribution in [1.29, 1.82) is 0 Å². The van der Waals surface area contributed by atoms with Crippen LogP contribution in [0.3, 0.4) is 0 Å². The largest absolute Gasteiger partial charge is 0.490 e. The van der Waals surface area contributed by atoms with Gasteiger partial charge in [-0.3, -0.25) is 0 Å². The van der Waals surface area contributed by atoms with Gasteiger partial charge in [-0.05, 0) is 59.5 Å². The highest BCUT2D eigenvalue weighted by Gasteiger charge is 2.24. The zero-order chi connectivity index (χ0) is 20.1. The lowest BCUT2D eigenvalue weighted by Gasteiger charge is -2.08. The molecule has 0 radical (unpaired) electrons. The molecule has 0 atom stereocenters. The van der Waals surface area contributed by atoms with Crippen molar-refractivity contribution < 1.29 is 19.0 Å². The predicted octanol–water partition coefficient (Wildman–Crippen LogP) is 5.31. The Kier molecular flexibility index (Phi) is 6.07. The van der Waals surface area contributed by atoms with Crippen molar-refractivity contribution in [3.8, 4) is 11.5 Å². The summed E-state index contributed by atoms with van der Waals surface area (Å²) >= 11 is 4.87. The van der Waals surface area contributed by atoms with Crippen molar-refractivity contribution in [3.05, 3.63) is 86.7 Å². The third-order valence-electron chi connectivity index (χ3n) is 3.97. The topological polar surface area (TPSA) is 57.1 Å². The maximum Gasteiger partial charge on any atom is 0.363 e. The number of benzene rings is 2. The molecule has 29 heavy (non-hydrogen) atoms. The van der Waals surface area contributed by atoms with Crippen LogP contribution < -0.4 is 9.47 Å². The third kappa shape index (κ3) is 5.13. The van der Waals surface area contributed by atoms with Crippen LogP contribution in [0.1, 0.15) is 10.4 Å². The minimum Gasteiger partial charge on any atom is -0.490 e. The maximum absolute atomic E-state index is 12.0. The molecule has 1 aliphatic heterocycles. The van der Waals surface area contributed by atoms with Gasteiger partial charge in [0.05, 0.1) is 4.88 Å². The number of ether oxygens (including phenoxy) is 3. The fourth-order valence-corrected chi connectivity index (χ4v) is 3.50. The zero-order valence-electron chi connectivity index (χ0n) is 15.2. The first-order valence-electron chi connectivity index (χ1n) is 8.85. The van der Waals surface area contributed by atoms with Gasteiger partial charge in [0.2, 0.25) is 5.90 Å². The normalized spacial score (nSPS) is 14.6. The van der Waals surface area contributed by atoms with Crippen molar-refractivity contribution in [2.45, 2.75) is 0 Å². The van der Waals surface area contributed by atoms with Crippen molar-refractivity contribution in [1.82, 2.24) is 0 Å². The van der Waals surface area contributed by atoms with Gasteiger partial charge in [0.25, 0.3) is 0 Å². The number of esters is 1. The zero-order valence-corrected chi connectivity index (χ0v) is 17.6. The highest BCUT2D eigenvalue weighted by molar-refractivity contribution is 9.10. The van der Waals surface area contributed by atoms with E-state index in [9.17, 15) is 4.79 Å². The standard InChI is InChI=1S/C22H16BrNO4S/c23-16-5-9-18(10-6-16)27-12-11-26-17-7-3-15(4-8-17)14-19-22(25)28-21(24-19)20-2-1-13-29-20/h1-10,13-14H,11-12H2/b19-14+. The Labute approximate surface area is 180 Å². The van der Waals surface area contributed by atoms with Gasteiger partial charge in [0.1, 0.15) is 24.7 Å². The van der Waals surface area contributed by atoms with Crippen LogP contribution in [-0.2, 0) is 9.53 Å². The number of hydrogen-bond donors (Lipinski definition) is 0. The van der Waals surface area contributed by atoms with E-state index in [4.69, 9.17) is 14.2 Å². The molecule has 0 fully saturated rings. The molecule has 0 N–H and O–H groups in total. The Morgan fingerprint density at radius 2 is 1.62 bits per heavy atom. The molecule has 7 heteroatoms. The van der Waals surface area contributed by atoms with E-state index >= 15 is 0 Å². The average Bonchev–Trinajstić information content (AvgIpc) is 3.38. The minimum absolute atomic E-state index is 0.282. The summed E-state index contributed by atoms with van der Waals surface area (Å²) < 4.78 is 17.6. The molecule has 2 aromatic carbocycles. The number of rotatable bonds is 7. The van der Waals surface area contributed by atoms with Crippen LogP contribution in [0.25, 0.3) is 6.08 Å². The Morgan fingerprint density at radius 3 is 2.24 bits per heavy atom. The Hall–Kier alpha value is -2.90. The number of thiophene rings is 1. The fraction of sp³-hybridized carbons (Fsp3) is 0.0909. The van der Waals surface area contributed by atoms with Crippen molar-refractivity contribution in [2.75, 3.05) is 13.2 Å². The second kappa shape index (κ2) is 9.07. The van der Waals surface area contributed by atoms with Gasteiger partial charge in [-0.25, -0.2) is 9.79 Å². The summed E-state index contributed by atoms with van der Waals surface area (Å²) in [7, 11) is 0.